The van der Waals surface area contributed by atoms with Gasteiger partial charge in [0.25, 0.3) is 0 Å². The molecule has 2 heterocycles. The van der Waals surface area contributed by atoms with Crippen LogP contribution in [0.1, 0.15) is 47.9 Å². The smallest absolute Gasteiger partial charge is 0.219 e. The number of rotatable bonds is 3. The zero-order valence-corrected chi connectivity index (χ0v) is 18.0. The minimum absolute atomic E-state index is 0.0158. The Balaban J connectivity index is 1.55. The fraction of sp³-hybridized carbons (Fsp3) is 0.400. The molecule has 6 heteroatoms. The molecule has 0 N–H and O–H groups in total. The third kappa shape index (κ3) is 3.88. The summed E-state index contributed by atoms with van der Waals surface area (Å²) in [6, 6.07) is 9.51. The van der Waals surface area contributed by atoms with Crippen LogP contribution in [0.25, 0.3) is 11.3 Å². The number of carbonyl (C=O) groups is 3. The average Bonchev–Trinajstić information content (AvgIpc) is 2.68. The van der Waals surface area contributed by atoms with Crippen molar-refractivity contribution in [3.8, 4) is 17.3 Å². The first kappa shape index (κ1) is 20.9. The predicted molar refractivity (Wildman–Crippen MR) is 115 cm³/mol. The number of hydrogen-bond donors (Lipinski definition) is 0. The second-order valence-electron chi connectivity index (χ2n) is 8.79. The summed E-state index contributed by atoms with van der Waals surface area (Å²) >= 11 is 0. The van der Waals surface area contributed by atoms with Crippen molar-refractivity contribution in [1.29, 1.82) is 5.26 Å². The number of benzene rings is 1. The van der Waals surface area contributed by atoms with E-state index in [0.717, 1.165) is 27.9 Å². The summed E-state index contributed by atoms with van der Waals surface area (Å²) in [6.07, 6.45) is 2.32. The molecule has 2 fully saturated rings. The number of hydrogen-bond acceptors (Lipinski definition) is 5. The number of pyridine rings is 1. The van der Waals surface area contributed by atoms with Crippen molar-refractivity contribution in [3.63, 3.8) is 0 Å². The van der Waals surface area contributed by atoms with Gasteiger partial charge in [0.15, 0.2) is 0 Å². The molecule has 1 aromatic carbocycles. The molecular formula is C25H25N3O3. The second kappa shape index (κ2) is 8.07. The lowest BCUT2D eigenvalue weighted by Gasteiger charge is -2.44. The first-order chi connectivity index (χ1) is 14.8. The lowest BCUT2D eigenvalue weighted by Crippen LogP contribution is -2.53. The van der Waals surface area contributed by atoms with E-state index >= 15 is 0 Å². The zero-order valence-electron chi connectivity index (χ0n) is 18.0. The largest absolute Gasteiger partial charge is 0.342 e. The van der Waals surface area contributed by atoms with Crippen molar-refractivity contribution in [2.75, 3.05) is 13.1 Å². The Morgan fingerprint density at radius 3 is 2.16 bits per heavy atom. The lowest BCUT2D eigenvalue weighted by atomic mass is 9.69. The molecule has 0 bridgehead atoms. The molecular weight excluding hydrogens is 390 g/mol. The molecule has 1 saturated carbocycles. The molecule has 1 saturated heterocycles. The van der Waals surface area contributed by atoms with Gasteiger partial charge in [0.2, 0.25) is 5.91 Å². The summed E-state index contributed by atoms with van der Waals surface area (Å²) < 4.78 is 0. The highest BCUT2D eigenvalue weighted by Crippen LogP contribution is 2.40. The highest BCUT2D eigenvalue weighted by molar-refractivity contribution is 6.10. The van der Waals surface area contributed by atoms with Crippen LogP contribution in [0, 0.1) is 37.0 Å². The van der Waals surface area contributed by atoms with Crippen LogP contribution in [0.3, 0.4) is 0 Å². The maximum atomic E-state index is 13.1. The van der Waals surface area contributed by atoms with Crippen molar-refractivity contribution in [3.05, 3.63) is 52.7 Å². The van der Waals surface area contributed by atoms with Crippen molar-refractivity contribution in [2.45, 2.75) is 39.5 Å². The van der Waals surface area contributed by atoms with Crippen molar-refractivity contribution < 1.29 is 14.4 Å². The van der Waals surface area contributed by atoms with E-state index in [2.05, 4.69) is 11.1 Å². The molecule has 1 aliphatic carbocycles. The van der Waals surface area contributed by atoms with Gasteiger partial charge in [-0.05, 0) is 66.6 Å². The van der Waals surface area contributed by atoms with Crippen LogP contribution in [0.5, 0.6) is 0 Å². The maximum absolute atomic E-state index is 13.1. The van der Waals surface area contributed by atoms with Crippen LogP contribution in [0.15, 0.2) is 30.5 Å². The van der Waals surface area contributed by atoms with Gasteiger partial charge in [-0.3, -0.25) is 19.4 Å². The van der Waals surface area contributed by atoms with E-state index in [0.29, 0.717) is 31.5 Å². The Morgan fingerprint density at radius 2 is 1.68 bits per heavy atom. The minimum atomic E-state index is -0.705. The summed E-state index contributed by atoms with van der Waals surface area (Å²) in [5, 5.41) is 8.96. The quantitative estimate of drug-likeness (QED) is 0.717. The second-order valence-corrected chi connectivity index (χ2v) is 8.79. The van der Waals surface area contributed by atoms with E-state index in [4.69, 9.17) is 5.26 Å². The van der Waals surface area contributed by atoms with Gasteiger partial charge in [-0.2, -0.15) is 5.26 Å². The van der Waals surface area contributed by atoms with Gasteiger partial charge in [0, 0.05) is 44.6 Å². The van der Waals surface area contributed by atoms with Crippen LogP contribution in [-0.4, -0.2) is 40.4 Å². The van der Waals surface area contributed by atoms with Crippen LogP contribution in [0.2, 0.25) is 0 Å². The van der Waals surface area contributed by atoms with E-state index < -0.39 is 5.92 Å². The molecule has 0 atom stereocenters. The van der Waals surface area contributed by atoms with Crippen LogP contribution in [-0.2, 0) is 14.4 Å². The molecule has 0 unspecified atom stereocenters. The first-order valence-electron chi connectivity index (χ1n) is 10.6. The molecule has 2 aliphatic rings. The summed E-state index contributed by atoms with van der Waals surface area (Å²) in [5.74, 6) is -0.413. The molecule has 31 heavy (non-hydrogen) atoms. The fourth-order valence-electron chi connectivity index (χ4n) is 4.94. The molecule has 158 valence electrons. The molecule has 2 aromatic rings. The van der Waals surface area contributed by atoms with Gasteiger partial charge in [-0.15, -0.1) is 0 Å². The van der Waals surface area contributed by atoms with Gasteiger partial charge in [-0.25, -0.2) is 0 Å². The molecule has 6 nitrogen and oxygen atoms in total. The highest BCUT2D eigenvalue weighted by Gasteiger charge is 2.44. The normalized spacial score (nSPS) is 21.5. The van der Waals surface area contributed by atoms with Gasteiger partial charge < -0.3 is 4.90 Å². The Labute approximate surface area is 181 Å². The van der Waals surface area contributed by atoms with Crippen LogP contribution in [0.4, 0.5) is 0 Å². The van der Waals surface area contributed by atoms with Gasteiger partial charge in [0.05, 0.1) is 11.3 Å². The molecule has 1 aromatic heterocycles. The van der Waals surface area contributed by atoms with E-state index in [1.54, 1.807) is 24.0 Å². The third-order valence-corrected chi connectivity index (χ3v) is 6.66. The fourth-order valence-corrected chi connectivity index (χ4v) is 4.94. The van der Waals surface area contributed by atoms with E-state index in [-0.39, 0.29) is 29.3 Å². The number of aryl methyl sites for hydroxylation is 2. The summed E-state index contributed by atoms with van der Waals surface area (Å²) in [7, 11) is 0. The topological polar surface area (TPSA) is 91.1 Å². The van der Waals surface area contributed by atoms with E-state index in [1.165, 1.54) is 6.20 Å². The van der Waals surface area contributed by atoms with Gasteiger partial charge >= 0.3 is 0 Å². The highest BCUT2D eigenvalue weighted by atomic mass is 16.2. The number of carbonyl (C=O) groups excluding carboxylic acids is 3. The van der Waals surface area contributed by atoms with Crippen molar-refractivity contribution in [2.24, 2.45) is 11.8 Å². The number of amides is 1. The number of ketones is 2. The SMILES string of the molecule is CC(=O)N1CC(C2CC(=O)C(c3c(C)cc(-c4ccc(C#N)cn4)cc3C)C(=O)C2)C1. The minimum Gasteiger partial charge on any atom is -0.342 e. The summed E-state index contributed by atoms with van der Waals surface area (Å²) in [5.41, 5.74) is 4.76. The Kier molecular flexibility index (Phi) is 5.45. The van der Waals surface area contributed by atoms with Gasteiger partial charge in [-0.1, -0.05) is 0 Å². The van der Waals surface area contributed by atoms with E-state index in [9.17, 15) is 14.4 Å². The summed E-state index contributed by atoms with van der Waals surface area (Å²) in [4.78, 5) is 43.7. The molecule has 1 amide bonds. The maximum Gasteiger partial charge on any atom is 0.219 e. The van der Waals surface area contributed by atoms with Gasteiger partial charge in [0.1, 0.15) is 23.6 Å². The lowest BCUT2D eigenvalue weighted by molar-refractivity contribution is -0.140. The third-order valence-electron chi connectivity index (χ3n) is 6.66. The molecule has 4 rings (SSSR count). The zero-order chi connectivity index (χ0) is 22.3. The number of nitrogens with zero attached hydrogens (tertiary/aromatic N) is 3. The number of Topliss-reactive ketones (excluding diaryl/α,β-unsaturated/α-hetero) is 2. The molecule has 1 aliphatic heterocycles. The molecule has 0 radical (unpaired) electrons. The molecule has 0 spiro atoms. The standard InChI is InChI=1S/C25H25N3O3/c1-14-6-19(21-5-4-17(10-26)11-27-21)7-15(2)24(14)25-22(30)8-18(9-23(25)31)20-12-28(13-20)16(3)29/h4-7,11,18,20,25H,8-9,12-13H2,1-3H3. The average molecular weight is 415 g/mol. The first-order valence-corrected chi connectivity index (χ1v) is 10.6. The Hall–Kier alpha value is -3.33. The summed E-state index contributed by atoms with van der Waals surface area (Å²) in [6.45, 7) is 6.70. The number of nitriles is 1. The van der Waals surface area contributed by atoms with Crippen molar-refractivity contribution >= 4 is 17.5 Å². The number of likely N-dealkylation sites (tertiary alicyclic amines) is 1. The van der Waals surface area contributed by atoms with Crippen molar-refractivity contribution in [1.82, 2.24) is 9.88 Å². The monoisotopic (exact) mass is 415 g/mol. The van der Waals surface area contributed by atoms with Crippen LogP contribution < -0.4 is 0 Å². The predicted octanol–water partition coefficient (Wildman–Crippen LogP) is 3.35. The number of aromatic nitrogens is 1. The van der Waals surface area contributed by atoms with Crippen LogP contribution >= 0.6 is 0 Å². The van der Waals surface area contributed by atoms with E-state index in [1.807, 2.05) is 26.0 Å². The Bertz CT molecular complexity index is 1070. The Morgan fingerprint density at radius 1 is 1.06 bits per heavy atom.